The number of benzene rings is 1. The third-order valence-corrected chi connectivity index (χ3v) is 2.34. The molecule has 0 aliphatic carbocycles. The third kappa shape index (κ3) is 3.19. The Kier molecular flexibility index (Phi) is 5.40. The summed E-state index contributed by atoms with van der Waals surface area (Å²) in [6.45, 7) is 0. The van der Waals surface area contributed by atoms with E-state index in [1.54, 1.807) is 0 Å². The van der Waals surface area contributed by atoms with Gasteiger partial charge < -0.3 is 15.6 Å². The minimum Gasteiger partial charge on any atom is -0.507 e. The van der Waals surface area contributed by atoms with Crippen LogP contribution in [0.4, 0.5) is 22.0 Å². The fourth-order valence-electron chi connectivity index (χ4n) is 1.38. The van der Waals surface area contributed by atoms with Gasteiger partial charge in [-0.1, -0.05) is 6.07 Å². The number of nitrogens with two attached hydrogens (primary N) is 1. The van der Waals surface area contributed by atoms with Crippen LogP contribution >= 0.6 is 12.4 Å². The molecule has 0 fully saturated rings. The summed E-state index contributed by atoms with van der Waals surface area (Å²) < 4.78 is 67.3. The van der Waals surface area contributed by atoms with Crippen LogP contribution in [-0.2, 0) is 0 Å². The van der Waals surface area contributed by atoms with E-state index >= 15 is 0 Å². The number of ether oxygens (including phenoxy) is 1. The van der Waals surface area contributed by atoms with Crippen molar-refractivity contribution in [2.45, 2.75) is 18.1 Å². The normalized spacial score (nSPS) is 13.6. The molecule has 0 saturated carbocycles. The van der Waals surface area contributed by atoms with Crippen LogP contribution in [0, 0.1) is 0 Å². The molecule has 0 radical (unpaired) electrons. The molecule has 0 saturated heterocycles. The van der Waals surface area contributed by atoms with E-state index in [1.165, 1.54) is 6.07 Å². The van der Waals surface area contributed by atoms with Crippen LogP contribution in [0.15, 0.2) is 18.2 Å². The Labute approximate surface area is 111 Å². The maximum absolute atomic E-state index is 13.1. The van der Waals surface area contributed by atoms with Crippen molar-refractivity contribution in [1.29, 1.82) is 0 Å². The van der Waals surface area contributed by atoms with E-state index in [9.17, 15) is 27.1 Å². The highest BCUT2D eigenvalue weighted by Gasteiger charge is 2.62. The van der Waals surface area contributed by atoms with Crippen LogP contribution in [0.2, 0.25) is 0 Å². The molecule has 0 aliphatic rings. The summed E-state index contributed by atoms with van der Waals surface area (Å²) in [5.41, 5.74) is 4.14. The second kappa shape index (κ2) is 5.79. The van der Waals surface area contributed by atoms with Crippen LogP contribution in [0.3, 0.4) is 0 Å². The summed E-state index contributed by atoms with van der Waals surface area (Å²) in [5.74, 6) is -6.31. The average molecular weight is 308 g/mol. The molecule has 0 unspecified atom stereocenters. The molecule has 0 aliphatic heterocycles. The Morgan fingerprint density at radius 2 is 1.74 bits per heavy atom. The zero-order valence-electron chi connectivity index (χ0n) is 9.54. The van der Waals surface area contributed by atoms with Crippen molar-refractivity contribution in [2.24, 2.45) is 5.73 Å². The van der Waals surface area contributed by atoms with Gasteiger partial charge in [0.1, 0.15) is 17.5 Å². The number of phenolic OH excluding ortho intramolecular Hbond substituents is 1. The van der Waals surface area contributed by atoms with Gasteiger partial charge in [-0.25, -0.2) is 0 Å². The predicted octanol–water partition coefficient (Wildman–Crippen LogP) is 3.02. The Bertz CT molecular complexity index is 438. The Balaban J connectivity index is 0.00000324. The first kappa shape index (κ1) is 17.7. The first-order valence-electron chi connectivity index (χ1n) is 4.69. The molecular formula is C10H11ClF5NO2. The number of aromatic hydroxyl groups is 1. The van der Waals surface area contributed by atoms with Crippen molar-refractivity contribution in [1.82, 2.24) is 0 Å². The third-order valence-electron chi connectivity index (χ3n) is 2.34. The molecule has 110 valence electrons. The molecular weight excluding hydrogens is 297 g/mol. The molecule has 1 rings (SSSR count). The number of hydrogen-bond donors (Lipinski definition) is 2. The summed E-state index contributed by atoms with van der Waals surface area (Å²) >= 11 is 0. The van der Waals surface area contributed by atoms with E-state index < -0.39 is 29.5 Å². The molecule has 3 N–H and O–H groups in total. The highest BCUT2D eigenvalue weighted by molar-refractivity contribution is 5.85. The molecule has 0 spiro atoms. The van der Waals surface area contributed by atoms with E-state index in [0.29, 0.717) is 0 Å². The number of halogens is 6. The average Bonchev–Trinajstić information content (AvgIpc) is 2.26. The predicted molar refractivity (Wildman–Crippen MR) is 59.8 cm³/mol. The van der Waals surface area contributed by atoms with Crippen LogP contribution in [0.1, 0.15) is 11.6 Å². The highest BCUT2D eigenvalue weighted by atomic mass is 35.5. The maximum atomic E-state index is 13.1. The summed E-state index contributed by atoms with van der Waals surface area (Å²) in [5, 5.41) is 9.36. The van der Waals surface area contributed by atoms with Crippen LogP contribution < -0.4 is 10.5 Å². The molecule has 9 heteroatoms. The second-order valence-corrected chi connectivity index (χ2v) is 3.49. The number of hydrogen-bond acceptors (Lipinski definition) is 3. The summed E-state index contributed by atoms with van der Waals surface area (Å²) in [4.78, 5) is 0. The van der Waals surface area contributed by atoms with Gasteiger partial charge in [0.15, 0.2) is 0 Å². The lowest BCUT2D eigenvalue weighted by atomic mass is 9.99. The number of rotatable bonds is 3. The lowest BCUT2D eigenvalue weighted by Crippen LogP contribution is -2.46. The molecule has 1 atom stereocenters. The maximum Gasteiger partial charge on any atom is 0.455 e. The van der Waals surface area contributed by atoms with Gasteiger partial charge in [-0.2, -0.15) is 22.0 Å². The van der Waals surface area contributed by atoms with Crippen molar-refractivity contribution >= 4 is 12.4 Å². The lowest BCUT2D eigenvalue weighted by molar-refractivity contribution is -0.291. The highest BCUT2D eigenvalue weighted by Crippen LogP contribution is 2.47. The minimum absolute atomic E-state index is 0. The zero-order valence-corrected chi connectivity index (χ0v) is 10.4. The largest absolute Gasteiger partial charge is 0.507 e. The van der Waals surface area contributed by atoms with Gasteiger partial charge in [0, 0.05) is 0 Å². The fraction of sp³-hybridized carbons (Fsp3) is 0.400. The minimum atomic E-state index is -5.82. The van der Waals surface area contributed by atoms with Gasteiger partial charge in [0.2, 0.25) is 0 Å². The van der Waals surface area contributed by atoms with E-state index in [1.807, 2.05) is 0 Å². The van der Waals surface area contributed by atoms with Gasteiger partial charge in [0.05, 0.1) is 12.7 Å². The molecule has 19 heavy (non-hydrogen) atoms. The molecule has 0 heterocycles. The monoisotopic (exact) mass is 307 g/mol. The smallest absolute Gasteiger partial charge is 0.455 e. The van der Waals surface area contributed by atoms with Crippen molar-refractivity contribution in [3.63, 3.8) is 0 Å². The molecule has 0 amide bonds. The van der Waals surface area contributed by atoms with Crippen molar-refractivity contribution in [2.75, 3.05) is 7.11 Å². The Morgan fingerprint density at radius 1 is 1.21 bits per heavy atom. The van der Waals surface area contributed by atoms with E-state index in [2.05, 4.69) is 4.74 Å². The summed E-state index contributed by atoms with van der Waals surface area (Å²) in [6.07, 6.45) is -5.82. The van der Waals surface area contributed by atoms with E-state index in [0.717, 1.165) is 19.2 Å². The van der Waals surface area contributed by atoms with Crippen LogP contribution in [0.5, 0.6) is 11.5 Å². The van der Waals surface area contributed by atoms with Crippen LogP contribution in [0.25, 0.3) is 0 Å². The van der Waals surface area contributed by atoms with Gasteiger partial charge in [-0.15, -0.1) is 12.4 Å². The standard InChI is InChI=1S/C10H10F5NO2.ClH/c1-18-6-4-2-3-5(17)7(6)8(16)9(11,12)10(13,14)15;/h2-4,8,17H,16H2,1H3;1H/t8-;/m1./s1. The summed E-state index contributed by atoms with van der Waals surface area (Å²) in [7, 11) is 1.07. The first-order chi connectivity index (χ1) is 8.13. The topological polar surface area (TPSA) is 55.5 Å². The van der Waals surface area contributed by atoms with E-state index in [-0.39, 0.29) is 18.2 Å². The number of alkyl halides is 5. The number of phenols is 1. The number of methoxy groups -OCH3 is 1. The molecule has 0 aromatic heterocycles. The van der Waals surface area contributed by atoms with Crippen molar-refractivity contribution < 1.29 is 31.8 Å². The van der Waals surface area contributed by atoms with Crippen molar-refractivity contribution in [3.05, 3.63) is 23.8 Å². The second-order valence-electron chi connectivity index (χ2n) is 3.49. The Morgan fingerprint density at radius 3 is 2.16 bits per heavy atom. The fourth-order valence-corrected chi connectivity index (χ4v) is 1.38. The molecule has 1 aromatic rings. The lowest BCUT2D eigenvalue weighted by Gasteiger charge is -2.27. The SMILES string of the molecule is COc1cccc(O)c1[C@@H](N)C(F)(F)C(F)(F)F.Cl. The summed E-state index contributed by atoms with van der Waals surface area (Å²) in [6, 6.07) is 0.551. The van der Waals surface area contributed by atoms with E-state index in [4.69, 9.17) is 5.73 Å². The van der Waals surface area contributed by atoms with Gasteiger partial charge in [0.25, 0.3) is 0 Å². The Hall–Kier alpha value is -1.28. The quantitative estimate of drug-likeness (QED) is 0.844. The van der Waals surface area contributed by atoms with Crippen LogP contribution in [-0.4, -0.2) is 24.3 Å². The van der Waals surface area contributed by atoms with Gasteiger partial charge in [-0.05, 0) is 12.1 Å². The molecule has 0 bridgehead atoms. The molecule has 1 aromatic carbocycles. The van der Waals surface area contributed by atoms with Crippen molar-refractivity contribution in [3.8, 4) is 11.5 Å². The van der Waals surface area contributed by atoms with Gasteiger partial charge >= 0.3 is 12.1 Å². The van der Waals surface area contributed by atoms with Gasteiger partial charge in [-0.3, -0.25) is 0 Å². The zero-order chi connectivity index (χ0) is 14.1. The first-order valence-corrected chi connectivity index (χ1v) is 4.69. The molecule has 3 nitrogen and oxygen atoms in total.